The zero-order valence-corrected chi connectivity index (χ0v) is 11.2. The fraction of sp³-hybridized carbons (Fsp3) is 0.167. The van der Waals surface area contributed by atoms with Crippen molar-refractivity contribution >= 4 is 23.2 Å². The van der Waals surface area contributed by atoms with E-state index in [1.807, 2.05) is 0 Å². The van der Waals surface area contributed by atoms with E-state index in [4.69, 9.17) is 0 Å². The van der Waals surface area contributed by atoms with Crippen molar-refractivity contribution in [3.8, 4) is 0 Å². The fourth-order valence-corrected chi connectivity index (χ4v) is 1.93. The van der Waals surface area contributed by atoms with E-state index in [-0.39, 0.29) is 11.7 Å². The standard InChI is InChI=1S/C12H11FN4OS/c1-7(9-3-5-10(13)6-4-9)14-16-12(18)11-8(2)15-17-19-11/h3-6H,1-2H3,(H,16,18)/b14-7-. The third-order valence-corrected chi connectivity index (χ3v) is 3.27. The van der Waals surface area contributed by atoms with E-state index in [2.05, 4.69) is 20.1 Å². The maximum Gasteiger partial charge on any atom is 0.285 e. The molecule has 98 valence electrons. The van der Waals surface area contributed by atoms with Gasteiger partial charge in [0.1, 0.15) is 10.7 Å². The molecule has 0 bridgehead atoms. The summed E-state index contributed by atoms with van der Waals surface area (Å²) in [7, 11) is 0. The van der Waals surface area contributed by atoms with Crippen molar-refractivity contribution in [2.24, 2.45) is 5.10 Å². The molecule has 0 radical (unpaired) electrons. The number of hydrogen-bond acceptors (Lipinski definition) is 5. The van der Waals surface area contributed by atoms with Crippen molar-refractivity contribution in [1.82, 2.24) is 15.0 Å². The molecule has 0 saturated carbocycles. The highest BCUT2D eigenvalue weighted by atomic mass is 32.1. The molecule has 1 N–H and O–H groups in total. The third kappa shape index (κ3) is 3.19. The Balaban J connectivity index is 2.08. The summed E-state index contributed by atoms with van der Waals surface area (Å²) in [4.78, 5) is 12.2. The maximum atomic E-state index is 12.8. The number of halogens is 1. The Morgan fingerprint density at radius 3 is 2.63 bits per heavy atom. The predicted molar refractivity (Wildman–Crippen MR) is 70.7 cm³/mol. The van der Waals surface area contributed by atoms with Gasteiger partial charge in [0.15, 0.2) is 0 Å². The van der Waals surface area contributed by atoms with Crippen molar-refractivity contribution in [2.45, 2.75) is 13.8 Å². The Bertz CT molecular complexity index is 621. The summed E-state index contributed by atoms with van der Waals surface area (Å²) in [6.45, 7) is 3.43. The molecule has 0 atom stereocenters. The molecule has 0 aliphatic carbocycles. The topological polar surface area (TPSA) is 67.2 Å². The van der Waals surface area contributed by atoms with E-state index < -0.39 is 0 Å². The van der Waals surface area contributed by atoms with Crippen molar-refractivity contribution in [2.75, 3.05) is 0 Å². The van der Waals surface area contributed by atoms with Gasteiger partial charge in [-0.3, -0.25) is 4.79 Å². The molecule has 2 aromatic rings. The number of benzene rings is 1. The number of nitrogens with one attached hydrogen (secondary N) is 1. The zero-order valence-electron chi connectivity index (χ0n) is 10.3. The molecule has 0 saturated heterocycles. The molecule has 19 heavy (non-hydrogen) atoms. The van der Waals surface area contributed by atoms with E-state index in [0.29, 0.717) is 16.3 Å². The molecule has 1 aromatic carbocycles. The summed E-state index contributed by atoms with van der Waals surface area (Å²) >= 11 is 1.02. The maximum absolute atomic E-state index is 12.8. The number of amides is 1. The second-order valence-corrected chi connectivity index (χ2v) is 4.59. The first-order valence-corrected chi connectivity index (χ1v) is 6.25. The van der Waals surface area contributed by atoms with E-state index in [9.17, 15) is 9.18 Å². The lowest BCUT2D eigenvalue weighted by molar-refractivity contribution is 0.0958. The Morgan fingerprint density at radius 2 is 2.05 bits per heavy atom. The van der Waals surface area contributed by atoms with Crippen LogP contribution in [0, 0.1) is 12.7 Å². The highest BCUT2D eigenvalue weighted by molar-refractivity contribution is 7.07. The molecule has 0 aliphatic rings. The van der Waals surface area contributed by atoms with Gasteiger partial charge in [0, 0.05) is 0 Å². The van der Waals surface area contributed by atoms with Gasteiger partial charge in [-0.2, -0.15) is 5.10 Å². The molecule has 1 amide bonds. The van der Waals surface area contributed by atoms with Crippen LogP contribution in [0.5, 0.6) is 0 Å². The summed E-state index contributed by atoms with van der Waals surface area (Å²) in [5.41, 5.74) is 4.31. The molecule has 7 heteroatoms. The minimum absolute atomic E-state index is 0.313. The Labute approximate surface area is 113 Å². The van der Waals surface area contributed by atoms with Crippen LogP contribution in [0.3, 0.4) is 0 Å². The van der Waals surface area contributed by atoms with Gasteiger partial charge in [-0.15, -0.1) is 5.10 Å². The van der Waals surface area contributed by atoms with E-state index in [1.54, 1.807) is 26.0 Å². The first kappa shape index (κ1) is 13.3. The number of nitrogens with zero attached hydrogens (tertiary/aromatic N) is 3. The number of carbonyl (C=O) groups is 1. The second-order valence-electron chi connectivity index (χ2n) is 3.83. The molecule has 2 rings (SSSR count). The van der Waals surface area contributed by atoms with Crippen LogP contribution in [-0.2, 0) is 0 Å². The summed E-state index contributed by atoms with van der Waals surface area (Å²) in [5, 5.41) is 7.72. The van der Waals surface area contributed by atoms with Gasteiger partial charge in [-0.25, -0.2) is 9.82 Å². The lowest BCUT2D eigenvalue weighted by Crippen LogP contribution is -2.19. The van der Waals surface area contributed by atoms with Gasteiger partial charge in [0.05, 0.1) is 11.4 Å². The number of aromatic nitrogens is 2. The van der Waals surface area contributed by atoms with Crippen LogP contribution in [0.25, 0.3) is 0 Å². The summed E-state index contributed by atoms with van der Waals surface area (Å²) < 4.78 is 16.5. The van der Waals surface area contributed by atoms with Gasteiger partial charge >= 0.3 is 0 Å². The predicted octanol–water partition coefficient (Wildman–Crippen LogP) is 2.14. The van der Waals surface area contributed by atoms with Crippen LogP contribution in [0.4, 0.5) is 4.39 Å². The molecule has 1 aromatic heterocycles. The quantitative estimate of drug-likeness (QED) is 0.691. The number of rotatable bonds is 3. The lowest BCUT2D eigenvalue weighted by atomic mass is 10.1. The molecule has 1 heterocycles. The molecule has 0 spiro atoms. The third-order valence-electron chi connectivity index (χ3n) is 2.44. The number of aryl methyl sites for hydroxylation is 1. The van der Waals surface area contributed by atoms with Crippen LogP contribution in [0.2, 0.25) is 0 Å². The normalized spacial score (nSPS) is 11.4. The highest BCUT2D eigenvalue weighted by Crippen LogP contribution is 2.09. The molecular weight excluding hydrogens is 267 g/mol. The lowest BCUT2D eigenvalue weighted by Gasteiger charge is -2.01. The van der Waals surface area contributed by atoms with Gasteiger partial charge in [0.2, 0.25) is 0 Å². The number of hydrazone groups is 1. The Kier molecular flexibility index (Phi) is 3.96. The monoisotopic (exact) mass is 278 g/mol. The van der Waals surface area contributed by atoms with Gasteiger partial charge in [-0.1, -0.05) is 16.6 Å². The smallest absolute Gasteiger partial charge is 0.266 e. The van der Waals surface area contributed by atoms with Crippen LogP contribution in [-0.4, -0.2) is 21.2 Å². The van der Waals surface area contributed by atoms with E-state index in [0.717, 1.165) is 17.1 Å². The van der Waals surface area contributed by atoms with Gasteiger partial charge < -0.3 is 0 Å². The summed E-state index contributed by atoms with van der Waals surface area (Å²) in [6.07, 6.45) is 0. The Morgan fingerprint density at radius 1 is 1.37 bits per heavy atom. The number of hydrogen-bond donors (Lipinski definition) is 1. The zero-order chi connectivity index (χ0) is 13.8. The highest BCUT2D eigenvalue weighted by Gasteiger charge is 2.12. The average molecular weight is 278 g/mol. The molecule has 0 aliphatic heterocycles. The van der Waals surface area contributed by atoms with Crippen molar-refractivity contribution in [3.05, 3.63) is 46.2 Å². The SMILES string of the molecule is C/C(=N/NC(=O)c1snnc1C)c1ccc(F)cc1. The fourth-order valence-electron chi connectivity index (χ4n) is 1.38. The first-order valence-electron chi connectivity index (χ1n) is 5.47. The second kappa shape index (κ2) is 5.66. The van der Waals surface area contributed by atoms with Crippen molar-refractivity contribution in [1.29, 1.82) is 0 Å². The molecule has 0 unspecified atom stereocenters. The Hall–Kier alpha value is -2.15. The summed E-state index contributed by atoms with van der Waals surface area (Å²) in [5.74, 6) is -0.666. The van der Waals surface area contributed by atoms with Crippen LogP contribution in [0.1, 0.15) is 27.9 Å². The minimum atomic E-state index is -0.353. The summed E-state index contributed by atoms with van der Waals surface area (Å²) in [6, 6.07) is 5.88. The molecule has 0 fully saturated rings. The van der Waals surface area contributed by atoms with Crippen molar-refractivity contribution in [3.63, 3.8) is 0 Å². The molecular formula is C12H11FN4OS. The van der Waals surface area contributed by atoms with E-state index in [1.165, 1.54) is 12.1 Å². The molecule has 5 nitrogen and oxygen atoms in total. The van der Waals surface area contributed by atoms with Gasteiger partial charge in [-0.05, 0) is 43.1 Å². The van der Waals surface area contributed by atoms with Crippen LogP contribution >= 0.6 is 11.5 Å². The first-order chi connectivity index (χ1) is 9.08. The largest absolute Gasteiger partial charge is 0.285 e. The number of carbonyl (C=O) groups excluding carboxylic acids is 1. The van der Waals surface area contributed by atoms with Crippen LogP contribution in [0.15, 0.2) is 29.4 Å². The minimum Gasteiger partial charge on any atom is -0.266 e. The van der Waals surface area contributed by atoms with Crippen LogP contribution < -0.4 is 5.43 Å². The van der Waals surface area contributed by atoms with E-state index >= 15 is 0 Å². The van der Waals surface area contributed by atoms with Crippen molar-refractivity contribution < 1.29 is 9.18 Å². The average Bonchev–Trinajstić information content (AvgIpc) is 2.83. The van der Waals surface area contributed by atoms with Gasteiger partial charge in [0.25, 0.3) is 5.91 Å².